The highest BCUT2D eigenvalue weighted by Gasteiger charge is 2.16. The molecule has 0 aliphatic carbocycles. The summed E-state index contributed by atoms with van der Waals surface area (Å²) >= 11 is 1.13. The first-order chi connectivity index (χ1) is 8.88. The number of rotatable bonds is 4. The summed E-state index contributed by atoms with van der Waals surface area (Å²) in [5.74, 6) is -1.47. The smallest absolute Gasteiger partial charge is 0.207 e. The van der Waals surface area contributed by atoms with Gasteiger partial charge in [0.15, 0.2) is 0 Å². The van der Waals surface area contributed by atoms with Gasteiger partial charge < -0.3 is 0 Å². The molecule has 0 saturated carbocycles. The number of hydrogen-bond acceptors (Lipinski definition) is 3. The zero-order chi connectivity index (χ0) is 14.0. The zero-order valence-electron chi connectivity index (χ0n) is 9.98. The number of hydrogen-bond donors (Lipinski definition) is 1. The minimum Gasteiger partial charge on any atom is -0.207 e. The van der Waals surface area contributed by atoms with E-state index in [0.29, 0.717) is 0 Å². The van der Waals surface area contributed by atoms with Crippen LogP contribution in [0.3, 0.4) is 0 Å². The van der Waals surface area contributed by atoms with Gasteiger partial charge >= 0.3 is 0 Å². The molecule has 0 aliphatic heterocycles. The van der Waals surface area contributed by atoms with Crippen molar-refractivity contribution in [3.8, 4) is 0 Å². The maximum atomic E-state index is 13.4. The summed E-state index contributed by atoms with van der Waals surface area (Å²) in [5, 5.41) is 0. The number of aryl methyl sites for hydroxylation is 1. The molecule has 1 N–H and O–H groups in total. The summed E-state index contributed by atoms with van der Waals surface area (Å²) in [5.41, 5.74) is 0.0956. The Hall–Kier alpha value is -1.31. The molecule has 1 heterocycles. The summed E-state index contributed by atoms with van der Waals surface area (Å²) in [6.07, 6.45) is 0. The largest absolute Gasteiger partial charge is 0.250 e. The quantitative estimate of drug-likeness (QED) is 0.944. The maximum absolute atomic E-state index is 13.4. The molecule has 2 rings (SSSR count). The van der Waals surface area contributed by atoms with E-state index in [9.17, 15) is 17.2 Å². The first kappa shape index (κ1) is 14.1. The van der Waals surface area contributed by atoms with Crippen LogP contribution >= 0.6 is 11.3 Å². The van der Waals surface area contributed by atoms with Gasteiger partial charge in [0, 0.05) is 23.1 Å². The van der Waals surface area contributed by atoms with Gasteiger partial charge in [0.1, 0.15) is 15.8 Å². The van der Waals surface area contributed by atoms with Crippen molar-refractivity contribution in [2.45, 2.75) is 17.7 Å². The second-order valence-electron chi connectivity index (χ2n) is 3.93. The Kier molecular flexibility index (Phi) is 3.98. The van der Waals surface area contributed by atoms with Gasteiger partial charge in [0.2, 0.25) is 10.0 Å². The summed E-state index contributed by atoms with van der Waals surface area (Å²) in [6, 6.07) is 6.20. The first-order valence-electron chi connectivity index (χ1n) is 5.38. The van der Waals surface area contributed by atoms with Crippen LogP contribution in [0.15, 0.2) is 34.5 Å². The molecule has 0 amide bonds. The third-order valence-electron chi connectivity index (χ3n) is 2.45. The first-order valence-corrected chi connectivity index (χ1v) is 7.68. The standard InChI is InChI=1S/C12H11F2NO2S2/c1-8-2-5-12(18-8)19(16,17)15-7-9-3-4-10(13)6-11(9)14/h2-6,15H,7H2,1H3. The lowest BCUT2D eigenvalue weighted by Crippen LogP contribution is -2.22. The SMILES string of the molecule is Cc1ccc(S(=O)(=O)NCc2ccc(F)cc2F)s1. The average Bonchev–Trinajstić information content (AvgIpc) is 2.75. The van der Waals surface area contributed by atoms with Crippen molar-refractivity contribution >= 4 is 21.4 Å². The highest BCUT2D eigenvalue weighted by Crippen LogP contribution is 2.20. The Morgan fingerprint density at radius 3 is 2.53 bits per heavy atom. The fourth-order valence-corrected chi connectivity index (χ4v) is 3.80. The molecule has 0 fully saturated rings. The van der Waals surface area contributed by atoms with Gasteiger partial charge in [-0.25, -0.2) is 21.9 Å². The zero-order valence-corrected chi connectivity index (χ0v) is 11.6. The van der Waals surface area contributed by atoms with E-state index in [4.69, 9.17) is 0 Å². The predicted molar refractivity (Wildman–Crippen MR) is 69.4 cm³/mol. The number of benzene rings is 1. The van der Waals surface area contributed by atoms with Gasteiger partial charge in [-0.2, -0.15) is 0 Å². The van der Waals surface area contributed by atoms with E-state index in [-0.39, 0.29) is 16.3 Å². The maximum Gasteiger partial charge on any atom is 0.250 e. The summed E-state index contributed by atoms with van der Waals surface area (Å²) in [4.78, 5) is 0.869. The Bertz CT molecular complexity index is 696. The van der Waals surface area contributed by atoms with Gasteiger partial charge in [-0.1, -0.05) is 6.07 Å². The van der Waals surface area contributed by atoms with Gasteiger partial charge in [-0.15, -0.1) is 11.3 Å². The van der Waals surface area contributed by atoms with Crippen molar-refractivity contribution in [1.82, 2.24) is 4.72 Å². The van der Waals surface area contributed by atoms with Crippen LogP contribution in [0.5, 0.6) is 0 Å². The van der Waals surface area contributed by atoms with E-state index in [2.05, 4.69) is 4.72 Å². The molecule has 1 aromatic heterocycles. The Balaban J connectivity index is 2.14. The van der Waals surface area contributed by atoms with E-state index >= 15 is 0 Å². The molecule has 0 unspecified atom stereocenters. The van der Waals surface area contributed by atoms with Crippen molar-refractivity contribution < 1.29 is 17.2 Å². The molecule has 0 radical (unpaired) electrons. The molecule has 0 aliphatic rings. The predicted octanol–water partition coefficient (Wildman–Crippen LogP) is 2.81. The van der Waals surface area contributed by atoms with Crippen LogP contribution in [-0.2, 0) is 16.6 Å². The summed E-state index contributed by atoms with van der Waals surface area (Å²) in [7, 11) is -3.66. The van der Waals surface area contributed by atoms with E-state index in [1.165, 1.54) is 12.1 Å². The van der Waals surface area contributed by atoms with Crippen molar-refractivity contribution in [2.75, 3.05) is 0 Å². The molecule has 2 aromatic rings. The third-order valence-corrected chi connectivity index (χ3v) is 5.34. The molecule has 0 bridgehead atoms. The fourth-order valence-electron chi connectivity index (χ4n) is 1.47. The van der Waals surface area contributed by atoms with E-state index in [1.807, 2.05) is 0 Å². The van der Waals surface area contributed by atoms with Gasteiger partial charge in [0.05, 0.1) is 0 Å². The molecule has 19 heavy (non-hydrogen) atoms. The highest BCUT2D eigenvalue weighted by atomic mass is 32.2. The van der Waals surface area contributed by atoms with Crippen LogP contribution < -0.4 is 4.72 Å². The van der Waals surface area contributed by atoms with Gasteiger partial charge in [-0.3, -0.25) is 0 Å². The Morgan fingerprint density at radius 1 is 1.21 bits per heavy atom. The second kappa shape index (κ2) is 5.36. The molecular weight excluding hydrogens is 292 g/mol. The topological polar surface area (TPSA) is 46.2 Å². The van der Waals surface area contributed by atoms with Crippen LogP contribution in [0, 0.1) is 18.6 Å². The number of halogens is 2. The van der Waals surface area contributed by atoms with Crippen molar-refractivity contribution in [1.29, 1.82) is 0 Å². The Morgan fingerprint density at radius 2 is 1.95 bits per heavy atom. The Labute approximate surface area is 114 Å². The molecule has 1 aromatic carbocycles. The van der Waals surface area contributed by atoms with Crippen LogP contribution in [0.2, 0.25) is 0 Å². The molecule has 7 heteroatoms. The van der Waals surface area contributed by atoms with Crippen LogP contribution in [0.4, 0.5) is 8.78 Å². The molecule has 3 nitrogen and oxygen atoms in total. The van der Waals surface area contributed by atoms with Crippen molar-refractivity contribution in [3.05, 3.63) is 52.4 Å². The monoisotopic (exact) mass is 303 g/mol. The molecule has 0 atom stereocenters. The number of thiophene rings is 1. The normalized spacial score (nSPS) is 11.7. The van der Waals surface area contributed by atoms with Crippen molar-refractivity contribution in [3.63, 3.8) is 0 Å². The molecule has 0 saturated heterocycles. The lowest BCUT2D eigenvalue weighted by Gasteiger charge is -2.06. The highest BCUT2D eigenvalue weighted by molar-refractivity contribution is 7.91. The lowest BCUT2D eigenvalue weighted by molar-refractivity contribution is 0.563. The minimum absolute atomic E-state index is 0.0956. The molecular formula is C12H11F2NO2S2. The minimum atomic E-state index is -3.66. The van der Waals surface area contributed by atoms with Gasteiger partial charge in [-0.05, 0) is 25.1 Å². The summed E-state index contributed by atoms with van der Waals surface area (Å²) < 4.78 is 52.3. The number of sulfonamides is 1. The fraction of sp³-hybridized carbons (Fsp3) is 0.167. The van der Waals surface area contributed by atoms with E-state index in [0.717, 1.165) is 28.3 Å². The van der Waals surface area contributed by atoms with Crippen LogP contribution in [0.1, 0.15) is 10.4 Å². The molecule has 0 spiro atoms. The number of nitrogens with one attached hydrogen (secondary N) is 1. The summed E-state index contributed by atoms with van der Waals surface area (Å²) in [6.45, 7) is 1.58. The lowest BCUT2D eigenvalue weighted by atomic mass is 10.2. The van der Waals surface area contributed by atoms with Crippen LogP contribution in [0.25, 0.3) is 0 Å². The average molecular weight is 303 g/mol. The third kappa shape index (κ3) is 3.37. The van der Waals surface area contributed by atoms with E-state index < -0.39 is 21.7 Å². The van der Waals surface area contributed by atoms with Crippen molar-refractivity contribution in [2.24, 2.45) is 0 Å². The van der Waals surface area contributed by atoms with Gasteiger partial charge in [0.25, 0.3) is 0 Å². The van der Waals surface area contributed by atoms with E-state index in [1.54, 1.807) is 13.0 Å². The molecule has 102 valence electrons. The van der Waals surface area contributed by atoms with Crippen LogP contribution in [-0.4, -0.2) is 8.42 Å². The second-order valence-corrected chi connectivity index (χ2v) is 7.21.